The Morgan fingerprint density at radius 3 is 2.85 bits per heavy atom. The maximum Gasteiger partial charge on any atom is 0.140 e. The van der Waals surface area contributed by atoms with Crippen molar-refractivity contribution in [2.45, 2.75) is 13.1 Å². The quantitative estimate of drug-likeness (QED) is 0.797. The van der Waals surface area contributed by atoms with Crippen LogP contribution in [-0.2, 0) is 13.1 Å². The molecule has 0 saturated heterocycles. The predicted molar refractivity (Wildman–Crippen MR) is 80.8 cm³/mol. The molecule has 0 fully saturated rings. The Morgan fingerprint density at radius 1 is 1.25 bits per heavy atom. The third kappa shape index (κ3) is 2.34. The summed E-state index contributed by atoms with van der Waals surface area (Å²) in [6.07, 6.45) is 3.68. The van der Waals surface area contributed by atoms with E-state index in [1.807, 2.05) is 29.0 Å². The van der Waals surface area contributed by atoms with E-state index in [9.17, 15) is 4.39 Å². The number of hydrogen-bond donors (Lipinski definition) is 1. The molecule has 2 aromatic heterocycles. The van der Waals surface area contributed by atoms with Crippen molar-refractivity contribution < 1.29 is 4.39 Å². The van der Waals surface area contributed by atoms with Gasteiger partial charge in [0.25, 0.3) is 0 Å². The summed E-state index contributed by atoms with van der Waals surface area (Å²) in [4.78, 5) is 4.37. The molecule has 0 saturated carbocycles. The third-order valence-corrected chi connectivity index (χ3v) is 3.79. The highest BCUT2D eigenvalue weighted by Gasteiger charge is 2.10. The molecule has 3 rings (SSSR count). The summed E-state index contributed by atoms with van der Waals surface area (Å²) in [5.74, 6) is -0.230. The summed E-state index contributed by atoms with van der Waals surface area (Å²) < 4.78 is 16.6. The second kappa shape index (κ2) is 5.34. The fourth-order valence-electron chi connectivity index (χ4n) is 2.31. The van der Waals surface area contributed by atoms with Crippen molar-refractivity contribution in [3.8, 4) is 0 Å². The maximum absolute atomic E-state index is 13.9. The van der Waals surface area contributed by atoms with Crippen LogP contribution in [0.2, 0.25) is 0 Å². The van der Waals surface area contributed by atoms with E-state index in [0.29, 0.717) is 18.7 Å². The van der Waals surface area contributed by atoms with Gasteiger partial charge in [0.05, 0.1) is 6.54 Å². The number of fused-ring (bicyclic) bond motifs is 1. The molecule has 0 amide bonds. The highest BCUT2D eigenvalue weighted by atomic mass is 79.9. The SMILES string of the molecule is NCc1cn(Cc2ccc(Br)cc2F)c2ncccc12. The molecule has 0 atom stereocenters. The molecular formula is C15H13BrFN3. The Labute approximate surface area is 124 Å². The van der Waals surface area contributed by atoms with Crippen LogP contribution >= 0.6 is 15.9 Å². The molecule has 3 aromatic rings. The van der Waals surface area contributed by atoms with Crippen LogP contribution in [0.15, 0.2) is 47.2 Å². The summed E-state index contributed by atoms with van der Waals surface area (Å²) >= 11 is 3.26. The second-order valence-electron chi connectivity index (χ2n) is 4.60. The fourth-order valence-corrected chi connectivity index (χ4v) is 2.65. The van der Waals surface area contributed by atoms with E-state index in [1.54, 1.807) is 12.3 Å². The Hall–Kier alpha value is -1.72. The molecule has 1 aromatic carbocycles. The Bertz CT molecular complexity index is 767. The third-order valence-electron chi connectivity index (χ3n) is 3.29. The molecule has 0 aliphatic rings. The molecule has 0 aliphatic heterocycles. The van der Waals surface area contributed by atoms with Crippen LogP contribution in [0.4, 0.5) is 4.39 Å². The molecule has 3 nitrogen and oxygen atoms in total. The number of nitrogens with two attached hydrogens (primary N) is 1. The van der Waals surface area contributed by atoms with Crippen molar-refractivity contribution in [2.24, 2.45) is 5.73 Å². The van der Waals surface area contributed by atoms with Crippen LogP contribution in [0.25, 0.3) is 11.0 Å². The van der Waals surface area contributed by atoms with Gasteiger partial charge in [-0.25, -0.2) is 9.37 Å². The van der Waals surface area contributed by atoms with Gasteiger partial charge in [-0.1, -0.05) is 22.0 Å². The van der Waals surface area contributed by atoms with Crippen LogP contribution in [0.3, 0.4) is 0 Å². The van der Waals surface area contributed by atoms with Crippen molar-refractivity contribution in [1.82, 2.24) is 9.55 Å². The molecular weight excluding hydrogens is 321 g/mol. The van der Waals surface area contributed by atoms with Gasteiger partial charge in [0.15, 0.2) is 0 Å². The van der Waals surface area contributed by atoms with Crippen LogP contribution in [-0.4, -0.2) is 9.55 Å². The minimum Gasteiger partial charge on any atom is -0.328 e. The Morgan fingerprint density at radius 2 is 2.10 bits per heavy atom. The highest BCUT2D eigenvalue weighted by molar-refractivity contribution is 9.10. The molecule has 20 heavy (non-hydrogen) atoms. The lowest BCUT2D eigenvalue weighted by Gasteiger charge is -2.06. The molecule has 0 aliphatic carbocycles. The van der Waals surface area contributed by atoms with Gasteiger partial charge in [-0.3, -0.25) is 0 Å². The molecule has 0 unspecified atom stereocenters. The van der Waals surface area contributed by atoms with Gasteiger partial charge in [0.1, 0.15) is 11.5 Å². The first kappa shape index (κ1) is 13.3. The lowest BCUT2D eigenvalue weighted by molar-refractivity contribution is 0.600. The smallest absolute Gasteiger partial charge is 0.140 e. The van der Waals surface area contributed by atoms with Gasteiger partial charge in [-0.05, 0) is 29.8 Å². The monoisotopic (exact) mass is 333 g/mol. The lowest BCUT2D eigenvalue weighted by atomic mass is 10.2. The van der Waals surface area contributed by atoms with Crippen LogP contribution in [0.1, 0.15) is 11.1 Å². The topological polar surface area (TPSA) is 43.8 Å². The number of nitrogens with zero attached hydrogens (tertiary/aromatic N) is 2. The first-order chi connectivity index (χ1) is 9.69. The van der Waals surface area contributed by atoms with E-state index in [2.05, 4.69) is 20.9 Å². The number of halogens is 2. The summed E-state index contributed by atoms with van der Waals surface area (Å²) in [6, 6.07) is 8.95. The number of benzene rings is 1. The molecule has 5 heteroatoms. The largest absolute Gasteiger partial charge is 0.328 e. The lowest BCUT2D eigenvalue weighted by Crippen LogP contribution is -2.01. The summed E-state index contributed by atoms with van der Waals surface area (Å²) in [7, 11) is 0. The van der Waals surface area contributed by atoms with Crippen molar-refractivity contribution in [3.63, 3.8) is 0 Å². The van der Waals surface area contributed by atoms with Gasteiger partial charge in [-0.15, -0.1) is 0 Å². The zero-order valence-electron chi connectivity index (χ0n) is 10.7. The predicted octanol–water partition coefficient (Wildman–Crippen LogP) is 3.44. The normalized spacial score (nSPS) is 11.2. The van der Waals surface area contributed by atoms with Crippen LogP contribution < -0.4 is 5.73 Å². The molecule has 2 heterocycles. The van der Waals surface area contributed by atoms with E-state index >= 15 is 0 Å². The molecule has 102 valence electrons. The minimum absolute atomic E-state index is 0.230. The second-order valence-corrected chi connectivity index (χ2v) is 5.51. The summed E-state index contributed by atoms with van der Waals surface area (Å²) in [5, 5.41) is 1.02. The van der Waals surface area contributed by atoms with Crippen molar-refractivity contribution >= 4 is 27.0 Å². The van der Waals surface area contributed by atoms with Crippen molar-refractivity contribution in [3.05, 3.63) is 64.1 Å². The molecule has 0 spiro atoms. The number of aromatic nitrogens is 2. The average molecular weight is 334 g/mol. The van der Waals surface area contributed by atoms with Gasteiger partial charge in [0.2, 0.25) is 0 Å². The summed E-state index contributed by atoms with van der Waals surface area (Å²) in [5.41, 5.74) is 8.22. The van der Waals surface area contributed by atoms with E-state index in [0.717, 1.165) is 21.1 Å². The maximum atomic E-state index is 13.9. The van der Waals surface area contributed by atoms with Crippen molar-refractivity contribution in [2.75, 3.05) is 0 Å². The average Bonchev–Trinajstić information content (AvgIpc) is 2.80. The van der Waals surface area contributed by atoms with Gasteiger partial charge < -0.3 is 10.3 Å². The fraction of sp³-hybridized carbons (Fsp3) is 0.133. The Balaban J connectivity index is 2.06. The highest BCUT2D eigenvalue weighted by Crippen LogP contribution is 2.22. The van der Waals surface area contributed by atoms with E-state index < -0.39 is 0 Å². The van der Waals surface area contributed by atoms with Gasteiger partial charge >= 0.3 is 0 Å². The van der Waals surface area contributed by atoms with E-state index in [4.69, 9.17) is 5.73 Å². The van der Waals surface area contributed by atoms with Crippen molar-refractivity contribution in [1.29, 1.82) is 0 Å². The molecule has 0 bridgehead atoms. The number of pyridine rings is 1. The van der Waals surface area contributed by atoms with Crippen LogP contribution in [0.5, 0.6) is 0 Å². The van der Waals surface area contributed by atoms with Gasteiger partial charge in [0, 0.05) is 34.4 Å². The number of hydrogen-bond acceptors (Lipinski definition) is 2. The van der Waals surface area contributed by atoms with Crippen LogP contribution in [0, 0.1) is 5.82 Å². The zero-order valence-corrected chi connectivity index (χ0v) is 12.3. The number of rotatable bonds is 3. The Kier molecular flexibility index (Phi) is 3.54. The zero-order chi connectivity index (χ0) is 14.1. The summed E-state index contributed by atoms with van der Waals surface area (Å²) in [6.45, 7) is 0.880. The first-order valence-electron chi connectivity index (χ1n) is 6.26. The van der Waals surface area contributed by atoms with E-state index in [1.165, 1.54) is 6.07 Å². The minimum atomic E-state index is -0.230. The molecule has 2 N–H and O–H groups in total. The van der Waals surface area contributed by atoms with E-state index in [-0.39, 0.29) is 5.82 Å². The first-order valence-corrected chi connectivity index (χ1v) is 7.05. The standard InChI is InChI=1S/C15H13BrFN3/c16-12-4-3-10(14(17)6-12)8-20-9-11(7-18)13-2-1-5-19-15(13)20/h1-6,9H,7-8,18H2. The van der Waals surface area contributed by atoms with Gasteiger partial charge in [-0.2, -0.15) is 0 Å². The molecule has 0 radical (unpaired) electrons.